The van der Waals surface area contributed by atoms with Crippen molar-refractivity contribution < 1.29 is 24.0 Å². The summed E-state index contributed by atoms with van der Waals surface area (Å²) < 4.78 is 0. The molecule has 0 spiro atoms. The van der Waals surface area contributed by atoms with E-state index in [0.29, 0.717) is 43.7 Å². The lowest BCUT2D eigenvalue weighted by molar-refractivity contribution is -0.136. The number of piperidine rings is 1. The highest BCUT2D eigenvalue weighted by Gasteiger charge is 2.44. The van der Waals surface area contributed by atoms with Crippen molar-refractivity contribution in [3.63, 3.8) is 0 Å². The van der Waals surface area contributed by atoms with Gasteiger partial charge < -0.3 is 25.4 Å². The van der Waals surface area contributed by atoms with Crippen LogP contribution in [-0.2, 0) is 14.4 Å². The predicted molar refractivity (Wildman–Crippen MR) is 216 cm³/mol. The zero-order chi connectivity index (χ0) is 39.2. The largest absolute Gasteiger partial charge is 0.385 e. The molecule has 4 aromatic rings. The number of aromatic amines is 1. The Bertz CT molecular complexity index is 2230. The van der Waals surface area contributed by atoms with Crippen LogP contribution in [0.15, 0.2) is 94.8 Å². The maximum absolute atomic E-state index is 13.1. The number of nitrogens with one attached hydrogen (secondary N) is 5. The number of nitrogens with zero attached hydrogens (tertiary/aromatic N) is 4. The molecule has 1 aromatic heterocycles. The second-order valence-electron chi connectivity index (χ2n) is 13.8. The van der Waals surface area contributed by atoms with Crippen molar-refractivity contribution in [2.45, 2.75) is 43.0 Å². The molecule has 7 rings (SSSR count). The highest BCUT2D eigenvalue weighted by Crippen LogP contribution is 2.30. The zero-order valence-electron chi connectivity index (χ0n) is 31.0. The Morgan fingerprint density at radius 3 is 2.34 bits per heavy atom. The Morgan fingerprint density at radius 2 is 1.61 bits per heavy atom. The third-order valence-electron chi connectivity index (χ3n) is 10.1. The van der Waals surface area contributed by atoms with Gasteiger partial charge in [-0.1, -0.05) is 18.2 Å². The molecular formula is C41H43N9O5S. The number of imide groups is 2. The van der Waals surface area contributed by atoms with E-state index in [9.17, 15) is 24.0 Å². The van der Waals surface area contributed by atoms with Gasteiger partial charge in [-0.3, -0.25) is 39.6 Å². The van der Waals surface area contributed by atoms with Gasteiger partial charge in [0.2, 0.25) is 23.7 Å². The van der Waals surface area contributed by atoms with Gasteiger partial charge in [0.25, 0.3) is 11.8 Å². The van der Waals surface area contributed by atoms with E-state index in [0.717, 1.165) is 47.0 Å². The van der Waals surface area contributed by atoms with Crippen LogP contribution in [0, 0.1) is 5.41 Å². The summed E-state index contributed by atoms with van der Waals surface area (Å²) in [5.41, 5.74) is 5.47. The fourth-order valence-electron chi connectivity index (χ4n) is 7.09. The molecule has 0 radical (unpaired) electrons. The molecule has 4 heterocycles. The molecule has 2 saturated heterocycles. The SMILES string of the molecule is CSc1ccc(-c2ccc/c(=N/C(=N)Nc3ccc(N4CCN(C(=O)CCCCNc5ccc6c(c5)C(=O)N(C5CCC(=O)NC5=O)C6=O)CC4)cc3)[nH]2)cc1. The Kier molecular flexibility index (Phi) is 11.6. The number of fused-ring (bicyclic) bond motifs is 1. The second kappa shape index (κ2) is 17.1. The fraction of sp³-hybridized carbons (Fsp3) is 0.293. The van der Waals surface area contributed by atoms with Crippen molar-refractivity contribution in [1.82, 2.24) is 20.1 Å². The molecule has 5 N–H and O–H groups in total. The van der Waals surface area contributed by atoms with E-state index < -0.39 is 29.7 Å². The molecule has 5 amide bonds. The maximum Gasteiger partial charge on any atom is 0.262 e. The first-order chi connectivity index (χ1) is 27.2. The number of pyridine rings is 1. The number of aromatic nitrogens is 1. The van der Waals surface area contributed by atoms with Crippen molar-refractivity contribution in [1.29, 1.82) is 5.41 Å². The highest BCUT2D eigenvalue weighted by atomic mass is 32.2. The van der Waals surface area contributed by atoms with E-state index in [1.54, 1.807) is 30.0 Å². The molecule has 14 nitrogen and oxygen atoms in total. The number of guanidine groups is 1. The molecule has 3 aromatic carbocycles. The smallest absolute Gasteiger partial charge is 0.262 e. The maximum atomic E-state index is 13.1. The van der Waals surface area contributed by atoms with Crippen molar-refractivity contribution in [3.05, 3.63) is 102 Å². The summed E-state index contributed by atoms with van der Waals surface area (Å²) in [6.07, 6.45) is 4.10. The highest BCUT2D eigenvalue weighted by molar-refractivity contribution is 7.98. The number of piperazine rings is 1. The van der Waals surface area contributed by atoms with Crippen LogP contribution in [0.4, 0.5) is 17.1 Å². The minimum atomic E-state index is -1.00. The summed E-state index contributed by atoms with van der Waals surface area (Å²) >= 11 is 1.70. The molecule has 15 heteroatoms. The van der Waals surface area contributed by atoms with Gasteiger partial charge in [0.1, 0.15) is 11.5 Å². The number of hydrogen-bond acceptors (Lipinski definition) is 9. The van der Waals surface area contributed by atoms with Gasteiger partial charge in [-0.15, -0.1) is 11.8 Å². The number of hydrogen-bond donors (Lipinski definition) is 5. The van der Waals surface area contributed by atoms with Gasteiger partial charge in [0.05, 0.1) is 11.1 Å². The summed E-state index contributed by atoms with van der Waals surface area (Å²) in [5, 5.41) is 16.9. The Balaban J connectivity index is 0.820. The van der Waals surface area contributed by atoms with Gasteiger partial charge in [0, 0.05) is 73.2 Å². The molecule has 0 saturated carbocycles. The Labute approximate surface area is 328 Å². The molecule has 288 valence electrons. The molecular weight excluding hydrogens is 731 g/mol. The topological polar surface area (TPSA) is 183 Å². The average molecular weight is 774 g/mol. The minimum absolute atomic E-state index is 0.0179. The van der Waals surface area contributed by atoms with Crippen LogP contribution in [0.1, 0.15) is 52.8 Å². The van der Waals surface area contributed by atoms with Crippen LogP contribution in [0.25, 0.3) is 11.3 Å². The van der Waals surface area contributed by atoms with Crippen LogP contribution < -0.4 is 26.3 Å². The normalized spacial score (nSPS) is 17.2. The van der Waals surface area contributed by atoms with Crippen LogP contribution in [0.2, 0.25) is 0 Å². The minimum Gasteiger partial charge on any atom is -0.385 e. The van der Waals surface area contributed by atoms with E-state index in [4.69, 9.17) is 5.41 Å². The lowest BCUT2D eigenvalue weighted by atomic mass is 10.0. The summed E-state index contributed by atoms with van der Waals surface area (Å²) in [6.45, 7) is 3.29. The van der Waals surface area contributed by atoms with E-state index in [-0.39, 0.29) is 35.8 Å². The standard InChI is InChI=1S/C41H43N9O5S/c1-56-30-15-8-26(9-16-30)33-5-4-6-35(45-33)46-41(42)44-27-10-13-29(14-11-27)48-21-23-49(24-22-48)37(52)7-2-3-20-43-28-12-17-31-32(25-28)40(55)50(39(31)54)34-18-19-36(51)47-38(34)53/h4-6,8-17,25,34,43H,2-3,7,18-24H2,1H3,(H,47,51,53)(H3,42,44,45,46). The van der Waals surface area contributed by atoms with Crippen LogP contribution in [0.3, 0.4) is 0 Å². The lowest BCUT2D eigenvalue weighted by Crippen LogP contribution is -2.54. The number of amides is 5. The lowest BCUT2D eigenvalue weighted by Gasteiger charge is -2.36. The fourth-order valence-corrected chi connectivity index (χ4v) is 7.50. The molecule has 3 aliphatic heterocycles. The Hall–Kier alpha value is -6.22. The molecule has 2 fully saturated rings. The van der Waals surface area contributed by atoms with Crippen molar-refractivity contribution >= 4 is 64.3 Å². The number of carbonyl (C=O) groups excluding carboxylic acids is 5. The number of carbonyl (C=O) groups is 5. The monoisotopic (exact) mass is 773 g/mol. The van der Waals surface area contributed by atoms with Gasteiger partial charge in [0.15, 0.2) is 0 Å². The first-order valence-corrected chi connectivity index (χ1v) is 19.9. The molecule has 3 aliphatic rings. The quantitative estimate of drug-likeness (QED) is 0.0475. The van der Waals surface area contributed by atoms with Crippen LogP contribution >= 0.6 is 11.8 Å². The zero-order valence-corrected chi connectivity index (χ0v) is 31.8. The van der Waals surface area contributed by atoms with Crippen molar-refractivity contribution in [2.75, 3.05) is 54.5 Å². The number of unbranched alkanes of at least 4 members (excludes halogenated alkanes) is 1. The molecule has 1 unspecified atom stereocenters. The van der Waals surface area contributed by atoms with E-state index in [1.165, 1.54) is 4.90 Å². The average Bonchev–Trinajstić information content (AvgIpc) is 3.46. The Morgan fingerprint density at radius 1 is 0.875 bits per heavy atom. The van der Waals surface area contributed by atoms with Gasteiger partial charge >= 0.3 is 0 Å². The molecule has 56 heavy (non-hydrogen) atoms. The molecule has 1 atom stereocenters. The summed E-state index contributed by atoms with van der Waals surface area (Å²) in [6, 6.07) is 25.8. The predicted octanol–water partition coefficient (Wildman–Crippen LogP) is 4.68. The summed E-state index contributed by atoms with van der Waals surface area (Å²) in [7, 11) is 0. The molecule has 0 aliphatic carbocycles. The number of anilines is 3. The third kappa shape index (κ3) is 8.68. The third-order valence-corrected chi connectivity index (χ3v) is 10.9. The first kappa shape index (κ1) is 38.1. The van der Waals surface area contributed by atoms with Crippen molar-refractivity contribution in [2.24, 2.45) is 4.99 Å². The van der Waals surface area contributed by atoms with Gasteiger partial charge in [-0.25, -0.2) is 0 Å². The van der Waals surface area contributed by atoms with E-state index in [2.05, 4.69) is 55.1 Å². The van der Waals surface area contributed by atoms with Crippen LogP contribution in [0.5, 0.6) is 0 Å². The number of benzene rings is 3. The summed E-state index contributed by atoms with van der Waals surface area (Å²) in [5.74, 6) is -1.99. The van der Waals surface area contributed by atoms with Gasteiger partial charge in [-0.2, -0.15) is 4.99 Å². The van der Waals surface area contributed by atoms with Crippen LogP contribution in [-0.4, -0.2) is 95.3 Å². The second-order valence-corrected chi connectivity index (χ2v) is 14.6. The van der Waals surface area contributed by atoms with E-state index >= 15 is 0 Å². The number of thioether (sulfide) groups is 1. The number of rotatable bonds is 11. The first-order valence-electron chi connectivity index (χ1n) is 18.6. The van der Waals surface area contributed by atoms with Crippen molar-refractivity contribution in [3.8, 4) is 11.3 Å². The van der Waals surface area contributed by atoms with E-state index in [1.807, 2.05) is 53.6 Å². The van der Waals surface area contributed by atoms with Gasteiger partial charge in [-0.05, 0) is 97.8 Å². The summed E-state index contributed by atoms with van der Waals surface area (Å²) in [4.78, 5) is 76.9. The molecule has 0 bridgehead atoms. The number of H-pyrrole nitrogens is 1.